The van der Waals surface area contributed by atoms with Gasteiger partial charge in [-0.05, 0) is 45.4 Å². The molecule has 0 bridgehead atoms. The molecule has 1 aromatic carbocycles. The average Bonchev–Trinajstić information content (AvgIpc) is 3.37. The molecule has 0 aliphatic heterocycles. The second-order valence-corrected chi connectivity index (χ2v) is 8.54. The molecule has 4 rings (SSSR count). The molecule has 0 aliphatic rings. The first kappa shape index (κ1) is 21.7. The van der Waals surface area contributed by atoms with Gasteiger partial charge in [0.2, 0.25) is 0 Å². The number of nitrogens with zero attached hydrogens (tertiary/aromatic N) is 3. The minimum absolute atomic E-state index is 0.268. The molecule has 1 N–H and O–H groups in total. The van der Waals surface area contributed by atoms with Crippen molar-refractivity contribution in [1.29, 1.82) is 0 Å². The summed E-state index contributed by atoms with van der Waals surface area (Å²) in [4.78, 5) is 31.6. The standard InChI is InChI=1S/C24H24N4O3S/c1-5-28-13-16(12-25-28)20-11-18(17-9-7-8-10-19(17)26-20)22(29)27-23-21(24(30)31-6-2)14(3)15(4)32-23/h7-13H,5-6H2,1-4H3,(H,27,29). The van der Waals surface area contributed by atoms with E-state index in [1.165, 1.54) is 11.3 Å². The van der Waals surface area contributed by atoms with E-state index in [4.69, 9.17) is 9.72 Å². The van der Waals surface area contributed by atoms with Crippen molar-refractivity contribution in [3.63, 3.8) is 0 Å². The Morgan fingerprint density at radius 2 is 1.97 bits per heavy atom. The Morgan fingerprint density at radius 3 is 2.69 bits per heavy atom. The van der Waals surface area contributed by atoms with E-state index in [1.807, 2.05) is 55.9 Å². The molecule has 1 amide bonds. The number of esters is 1. The van der Waals surface area contributed by atoms with Crippen molar-refractivity contribution >= 4 is 39.1 Å². The molecule has 164 valence electrons. The monoisotopic (exact) mass is 448 g/mol. The first-order valence-corrected chi connectivity index (χ1v) is 11.3. The van der Waals surface area contributed by atoms with Crippen LogP contribution in [0.5, 0.6) is 0 Å². The molecule has 7 nitrogen and oxygen atoms in total. The largest absolute Gasteiger partial charge is 0.462 e. The van der Waals surface area contributed by atoms with Crippen LogP contribution >= 0.6 is 11.3 Å². The van der Waals surface area contributed by atoms with Crippen molar-refractivity contribution in [2.45, 2.75) is 34.2 Å². The van der Waals surface area contributed by atoms with Crippen LogP contribution in [-0.4, -0.2) is 33.2 Å². The van der Waals surface area contributed by atoms with Gasteiger partial charge in [-0.2, -0.15) is 5.10 Å². The summed E-state index contributed by atoms with van der Waals surface area (Å²) in [5.74, 6) is -0.739. The van der Waals surface area contributed by atoms with Crippen LogP contribution in [-0.2, 0) is 11.3 Å². The molecule has 8 heteroatoms. The number of benzene rings is 1. The fourth-order valence-corrected chi connectivity index (χ4v) is 4.56. The van der Waals surface area contributed by atoms with Crippen molar-refractivity contribution in [1.82, 2.24) is 14.8 Å². The highest BCUT2D eigenvalue weighted by molar-refractivity contribution is 7.16. The third-order valence-corrected chi connectivity index (χ3v) is 6.43. The molecule has 0 saturated heterocycles. The number of nitrogens with one attached hydrogen (secondary N) is 1. The Balaban J connectivity index is 1.78. The lowest BCUT2D eigenvalue weighted by Gasteiger charge is -2.10. The van der Waals surface area contributed by atoms with Gasteiger partial charge in [-0.25, -0.2) is 9.78 Å². The van der Waals surface area contributed by atoms with E-state index in [0.29, 0.717) is 27.3 Å². The van der Waals surface area contributed by atoms with Gasteiger partial charge in [0.1, 0.15) is 5.00 Å². The van der Waals surface area contributed by atoms with Crippen molar-refractivity contribution in [3.05, 3.63) is 64.3 Å². The molecule has 0 aliphatic carbocycles. The number of rotatable bonds is 6. The Morgan fingerprint density at radius 1 is 1.19 bits per heavy atom. The molecule has 0 radical (unpaired) electrons. The predicted molar refractivity (Wildman–Crippen MR) is 126 cm³/mol. The number of fused-ring (bicyclic) bond motifs is 1. The number of amides is 1. The van der Waals surface area contributed by atoms with Crippen LogP contribution in [0.4, 0.5) is 5.00 Å². The number of hydrogen-bond acceptors (Lipinski definition) is 6. The lowest BCUT2D eigenvalue weighted by molar-refractivity contribution is 0.0527. The zero-order chi connectivity index (χ0) is 22.8. The van der Waals surface area contributed by atoms with Crippen LogP contribution in [0.1, 0.15) is 45.0 Å². The molecule has 0 fully saturated rings. The van der Waals surface area contributed by atoms with Gasteiger partial charge < -0.3 is 10.1 Å². The summed E-state index contributed by atoms with van der Waals surface area (Å²) in [6.45, 7) is 8.56. The number of para-hydroxylation sites is 1. The van der Waals surface area contributed by atoms with Gasteiger partial charge in [0.25, 0.3) is 5.91 Å². The zero-order valence-corrected chi connectivity index (χ0v) is 19.2. The van der Waals surface area contributed by atoms with Crippen LogP contribution in [0, 0.1) is 13.8 Å². The second kappa shape index (κ2) is 8.92. The fourth-order valence-electron chi connectivity index (χ4n) is 3.51. The molecule has 3 aromatic heterocycles. The molecular weight excluding hydrogens is 424 g/mol. The van der Waals surface area contributed by atoms with E-state index in [1.54, 1.807) is 19.2 Å². The van der Waals surface area contributed by atoms with Gasteiger partial charge in [0.15, 0.2) is 0 Å². The van der Waals surface area contributed by atoms with Gasteiger partial charge in [-0.3, -0.25) is 9.48 Å². The summed E-state index contributed by atoms with van der Waals surface area (Å²) in [5.41, 5.74) is 3.91. The van der Waals surface area contributed by atoms with Gasteiger partial charge in [0.05, 0.1) is 35.1 Å². The summed E-state index contributed by atoms with van der Waals surface area (Å²) >= 11 is 1.37. The second-order valence-electron chi connectivity index (χ2n) is 7.32. The SMILES string of the molecule is CCOC(=O)c1c(NC(=O)c2cc(-c3cnn(CC)c3)nc3ccccc23)sc(C)c1C. The van der Waals surface area contributed by atoms with E-state index in [2.05, 4.69) is 10.4 Å². The smallest absolute Gasteiger partial charge is 0.341 e. The number of anilines is 1. The fraction of sp³-hybridized carbons (Fsp3) is 0.250. The Kier molecular flexibility index (Phi) is 6.05. The summed E-state index contributed by atoms with van der Waals surface area (Å²) in [6, 6.07) is 9.28. The minimum atomic E-state index is -0.433. The van der Waals surface area contributed by atoms with Crippen LogP contribution < -0.4 is 5.32 Å². The first-order chi connectivity index (χ1) is 15.4. The van der Waals surface area contributed by atoms with E-state index in [9.17, 15) is 9.59 Å². The lowest BCUT2D eigenvalue weighted by Crippen LogP contribution is -2.15. The van der Waals surface area contributed by atoms with E-state index < -0.39 is 5.97 Å². The lowest BCUT2D eigenvalue weighted by atomic mass is 10.0. The highest BCUT2D eigenvalue weighted by atomic mass is 32.1. The van der Waals surface area contributed by atoms with E-state index >= 15 is 0 Å². The van der Waals surface area contributed by atoms with Gasteiger partial charge in [-0.15, -0.1) is 11.3 Å². The average molecular weight is 449 g/mol. The predicted octanol–water partition coefficient (Wildman–Crippen LogP) is 5.23. The number of carbonyl (C=O) groups is 2. The maximum atomic E-state index is 13.4. The van der Waals surface area contributed by atoms with Crippen molar-refractivity contribution in [2.75, 3.05) is 11.9 Å². The van der Waals surface area contributed by atoms with Crippen LogP contribution in [0.3, 0.4) is 0 Å². The molecule has 0 spiro atoms. The maximum absolute atomic E-state index is 13.4. The number of hydrogen-bond donors (Lipinski definition) is 1. The number of pyridine rings is 1. The third kappa shape index (κ3) is 4.01. The normalized spacial score (nSPS) is 11.0. The molecule has 32 heavy (non-hydrogen) atoms. The van der Waals surface area contributed by atoms with Gasteiger partial charge in [0, 0.05) is 28.6 Å². The zero-order valence-electron chi connectivity index (χ0n) is 18.4. The number of aryl methyl sites for hydroxylation is 2. The highest BCUT2D eigenvalue weighted by Gasteiger charge is 2.23. The van der Waals surface area contributed by atoms with Crippen LogP contribution in [0.25, 0.3) is 22.2 Å². The summed E-state index contributed by atoms with van der Waals surface area (Å²) in [6.07, 6.45) is 3.65. The first-order valence-electron chi connectivity index (χ1n) is 10.4. The summed E-state index contributed by atoms with van der Waals surface area (Å²) in [5, 5.41) is 8.49. The Bertz CT molecular complexity index is 1320. The van der Waals surface area contributed by atoms with Crippen molar-refractivity contribution in [2.24, 2.45) is 0 Å². The molecule has 0 atom stereocenters. The van der Waals surface area contributed by atoms with Crippen molar-refractivity contribution in [3.8, 4) is 11.3 Å². The number of carbonyl (C=O) groups excluding carboxylic acids is 2. The van der Waals surface area contributed by atoms with E-state index in [-0.39, 0.29) is 12.5 Å². The molecular formula is C24H24N4O3S. The summed E-state index contributed by atoms with van der Waals surface area (Å²) < 4.78 is 7.02. The topological polar surface area (TPSA) is 86.1 Å². The summed E-state index contributed by atoms with van der Waals surface area (Å²) in [7, 11) is 0. The molecule has 3 heterocycles. The number of aromatic nitrogens is 3. The van der Waals surface area contributed by atoms with Crippen molar-refractivity contribution < 1.29 is 14.3 Å². The molecule has 4 aromatic rings. The number of ether oxygens (including phenoxy) is 1. The van der Waals surface area contributed by atoms with Crippen LogP contribution in [0.15, 0.2) is 42.7 Å². The van der Waals surface area contributed by atoms with Gasteiger partial charge >= 0.3 is 5.97 Å². The Labute approximate surface area is 190 Å². The third-order valence-electron chi connectivity index (χ3n) is 5.31. The van der Waals surface area contributed by atoms with Gasteiger partial charge in [-0.1, -0.05) is 18.2 Å². The highest BCUT2D eigenvalue weighted by Crippen LogP contribution is 2.34. The van der Waals surface area contributed by atoms with E-state index in [0.717, 1.165) is 27.9 Å². The Hall–Kier alpha value is -3.52. The quantitative estimate of drug-likeness (QED) is 0.409. The number of thiophene rings is 1. The maximum Gasteiger partial charge on any atom is 0.341 e. The molecule has 0 unspecified atom stereocenters. The minimum Gasteiger partial charge on any atom is -0.462 e. The van der Waals surface area contributed by atoms with Crippen LogP contribution in [0.2, 0.25) is 0 Å². The molecule has 0 saturated carbocycles.